The average Bonchev–Trinajstić information content (AvgIpc) is 2.84. The minimum atomic E-state index is 0.453. The summed E-state index contributed by atoms with van der Waals surface area (Å²) in [5.41, 5.74) is 11.0. The van der Waals surface area contributed by atoms with E-state index in [1.807, 2.05) is 12.4 Å². The fraction of sp³-hybridized carbons (Fsp3) is 0.333. The van der Waals surface area contributed by atoms with Crippen LogP contribution in [0.1, 0.15) is 23.1 Å². The largest absolute Gasteiger partial charge is 0.389 e. The van der Waals surface area contributed by atoms with Crippen molar-refractivity contribution >= 4 is 46.0 Å². The van der Waals surface area contributed by atoms with Gasteiger partial charge in [-0.2, -0.15) is 0 Å². The lowest BCUT2D eigenvalue weighted by molar-refractivity contribution is 0.922. The molecule has 0 unspecified atom stereocenters. The van der Waals surface area contributed by atoms with Crippen LogP contribution in [0, 0.1) is 6.92 Å². The number of hydrogen-bond donors (Lipinski definition) is 1. The second kappa shape index (κ2) is 7.24. The van der Waals surface area contributed by atoms with E-state index >= 15 is 0 Å². The standard InChI is InChI=1S/C15H19N3S3/c1-4-20-12-7-5-6-11(14(12)15(16)19)18(3)8-13-10(2)17-9-21-13/h5-7,9H,4,8H2,1-3H3,(H2,16,19). The topological polar surface area (TPSA) is 42.2 Å². The van der Waals surface area contributed by atoms with Gasteiger partial charge in [-0.3, -0.25) is 0 Å². The molecule has 1 heterocycles. The summed E-state index contributed by atoms with van der Waals surface area (Å²) < 4.78 is 0. The summed E-state index contributed by atoms with van der Waals surface area (Å²) in [6.45, 7) is 4.98. The molecule has 112 valence electrons. The number of thiazole rings is 1. The van der Waals surface area contributed by atoms with Crippen molar-refractivity contribution in [3.05, 3.63) is 39.8 Å². The molecule has 1 aromatic heterocycles. The zero-order valence-electron chi connectivity index (χ0n) is 12.4. The van der Waals surface area contributed by atoms with Crippen LogP contribution in [-0.4, -0.2) is 22.8 Å². The third kappa shape index (κ3) is 3.75. The summed E-state index contributed by atoms with van der Waals surface area (Å²) in [5.74, 6) is 0.997. The maximum Gasteiger partial charge on any atom is 0.107 e. The molecule has 0 aliphatic carbocycles. The fourth-order valence-corrected chi connectivity index (χ4v) is 4.09. The third-order valence-corrected chi connectivity index (χ3v) is 5.25. The molecule has 2 rings (SSSR count). The SMILES string of the molecule is CCSc1cccc(N(C)Cc2scnc2C)c1C(N)=S. The Morgan fingerprint density at radius 3 is 2.81 bits per heavy atom. The first kappa shape index (κ1) is 16.3. The molecule has 2 aromatic rings. The van der Waals surface area contributed by atoms with E-state index in [1.165, 1.54) is 4.88 Å². The van der Waals surface area contributed by atoms with Crippen LogP contribution in [0.2, 0.25) is 0 Å². The van der Waals surface area contributed by atoms with Gasteiger partial charge >= 0.3 is 0 Å². The summed E-state index contributed by atoms with van der Waals surface area (Å²) in [6.07, 6.45) is 0. The Kier molecular flexibility index (Phi) is 5.61. The van der Waals surface area contributed by atoms with Gasteiger partial charge in [0, 0.05) is 28.1 Å². The van der Waals surface area contributed by atoms with Gasteiger partial charge in [0.2, 0.25) is 0 Å². The van der Waals surface area contributed by atoms with Crippen LogP contribution >= 0.6 is 35.3 Å². The zero-order valence-corrected chi connectivity index (χ0v) is 14.9. The van der Waals surface area contributed by atoms with E-state index in [0.717, 1.165) is 34.1 Å². The second-order valence-corrected chi connectivity index (χ2v) is 7.35. The molecule has 0 spiro atoms. The van der Waals surface area contributed by atoms with Gasteiger partial charge in [-0.05, 0) is 24.8 Å². The van der Waals surface area contributed by atoms with Crippen molar-refractivity contribution in [2.75, 3.05) is 17.7 Å². The minimum absolute atomic E-state index is 0.453. The maximum atomic E-state index is 5.97. The van der Waals surface area contributed by atoms with E-state index < -0.39 is 0 Å². The van der Waals surface area contributed by atoms with Crippen molar-refractivity contribution in [3.8, 4) is 0 Å². The lowest BCUT2D eigenvalue weighted by Crippen LogP contribution is -2.22. The van der Waals surface area contributed by atoms with Gasteiger partial charge in [0.25, 0.3) is 0 Å². The van der Waals surface area contributed by atoms with Crippen molar-refractivity contribution < 1.29 is 0 Å². The van der Waals surface area contributed by atoms with E-state index in [-0.39, 0.29) is 0 Å². The summed E-state index contributed by atoms with van der Waals surface area (Å²) in [7, 11) is 2.07. The lowest BCUT2D eigenvalue weighted by Gasteiger charge is -2.23. The normalized spacial score (nSPS) is 10.6. The number of aryl methyl sites for hydroxylation is 1. The summed E-state index contributed by atoms with van der Waals surface area (Å²) >= 11 is 8.72. The highest BCUT2D eigenvalue weighted by atomic mass is 32.2. The summed E-state index contributed by atoms with van der Waals surface area (Å²) in [5, 5.41) is 0. The number of thiocarbonyl (C=S) groups is 1. The Morgan fingerprint density at radius 1 is 1.48 bits per heavy atom. The number of thioether (sulfide) groups is 1. The van der Waals surface area contributed by atoms with Crippen molar-refractivity contribution in [1.29, 1.82) is 0 Å². The van der Waals surface area contributed by atoms with Crippen LogP contribution in [0.3, 0.4) is 0 Å². The smallest absolute Gasteiger partial charge is 0.107 e. The van der Waals surface area contributed by atoms with Crippen molar-refractivity contribution in [2.45, 2.75) is 25.3 Å². The molecular formula is C15H19N3S3. The van der Waals surface area contributed by atoms with E-state index in [2.05, 4.69) is 42.1 Å². The van der Waals surface area contributed by atoms with E-state index in [4.69, 9.17) is 18.0 Å². The van der Waals surface area contributed by atoms with Crippen LogP contribution in [0.4, 0.5) is 5.69 Å². The highest BCUT2D eigenvalue weighted by Crippen LogP contribution is 2.31. The number of benzene rings is 1. The quantitative estimate of drug-likeness (QED) is 0.641. The number of aromatic nitrogens is 1. The Bertz CT molecular complexity index is 637. The van der Waals surface area contributed by atoms with Gasteiger partial charge in [0.1, 0.15) is 4.99 Å². The molecule has 0 aliphatic heterocycles. The fourth-order valence-electron chi connectivity index (χ4n) is 2.14. The first-order valence-corrected chi connectivity index (χ1v) is 8.97. The van der Waals surface area contributed by atoms with Crippen LogP contribution in [0.15, 0.2) is 28.6 Å². The van der Waals surface area contributed by atoms with Crippen LogP contribution in [0.5, 0.6) is 0 Å². The van der Waals surface area contributed by atoms with Crippen molar-refractivity contribution in [1.82, 2.24) is 4.98 Å². The highest BCUT2D eigenvalue weighted by Gasteiger charge is 2.15. The predicted octanol–water partition coefficient (Wildman–Crippen LogP) is 3.83. The van der Waals surface area contributed by atoms with E-state index in [0.29, 0.717) is 4.99 Å². The molecule has 0 radical (unpaired) electrons. The molecule has 0 amide bonds. The van der Waals surface area contributed by atoms with E-state index in [9.17, 15) is 0 Å². The number of nitrogens with two attached hydrogens (primary N) is 1. The minimum Gasteiger partial charge on any atom is -0.389 e. The number of anilines is 1. The molecule has 0 aliphatic rings. The summed E-state index contributed by atoms with van der Waals surface area (Å²) in [4.78, 5) is 9.36. The number of rotatable bonds is 6. The van der Waals surface area contributed by atoms with Crippen molar-refractivity contribution in [2.24, 2.45) is 5.73 Å². The first-order valence-electron chi connectivity index (χ1n) is 6.70. The molecule has 0 atom stereocenters. The van der Waals surface area contributed by atoms with Gasteiger partial charge in [0.05, 0.1) is 17.7 Å². The molecule has 2 N–H and O–H groups in total. The lowest BCUT2D eigenvalue weighted by atomic mass is 10.1. The Morgan fingerprint density at radius 2 is 2.24 bits per heavy atom. The zero-order chi connectivity index (χ0) is 15.4. The number of hydrogen-bond acceptors (Lipinski definition) is 5. The van der Waals surface area contributed by atoms with Gasteiger partial charge in [-0.1, -0.05) is 25.2 Å². The molecule has 1 aromatic carbocycles. The first-order chi connectivity index (χ1) is 10.0. The van der Waals surface area contributed by atoms with Crippen molar-refractivity contribution in [3.63, 3.8) is 0 Å². The van der Waals surface area contributed by atoms with Gasteiger partial charge in [0.15, 0.2) is 0 Å². The van der Waals surface area contributed by atoms with Crippen LogP contribution in [0.25, 0.3) is 0 Å². The molecular weight excluding hydrogens is 318 g/mol. The number of nitrogens with zero attached hydrogens (tertiary/aromatic N) is 2. The molecule has 0 saturated carbocycles. The molecule has 0 saturated heterocycles. The Labute approximate surface area is 139 Å². The highest BCUT2D eigenvalue weighted by molar-refractivity contribution is 7.99. The maximum absolute atomic E-state index is 5.97. The summed E-state index contributed by atoms with van der Waals surface area (Å²) in [6, 6.07) is 6.22. The van der Waals surface area contributed by atoms with Crippen LogP contribution < -0.4 is 10.6 Å². The predicted molar refractivity (Wildman–Crippen MR) is 97.7 cm³/mol. The average molecular weight is 338 g/mol. The Hall–Kier alpha value is -1.11. The van der Waals surface area contributed by atoms with E-state index in [1.54, 1.807) is 23.1 Å². The molecule has 0 fully saturated rings. The monoisotopic (exact) mass is 337 g/mol. The molecule has 6 heteroatoms. The van der Waals surface area contributed by atoms with Gasteiger partial charge in [-0.15, -0.1) is 23.1 Å². The second-order valence-electron chi connectivity index (χ2n) is 4.66. The van der Waals surface area contributed by atoms with Gasteiger partial charge in [-0.25, -0.2) is 4.98 Å². The molecule has 21 heavy (non-hydrogen) atoms. The molecule has 3 nitrogen and oxygen atoms in total. The Balaban J connectivity index is 2.36. The molecule has 0 bridgehead atoms. The third-order valence-electron chi connectivity index (χ3n) is 3.19. The van der Waals surface area contributed by atoms with Gasteiger partial charge < -0.3 is 10.6 Å². The van der Waals surface area contributed by atoms with Crippen LogP contribution in [-0.2, 0) is 6.54 Å².